The van der Waals surface area contributed by atoms with Gasteiger partial charge in [0.05, 0.1) is 12.6 Å². The lowest BCUT2D eigenvalue weighted by molar-refractivity contribution is -0.121. The van der Waals surface area contributed by atoms with Crippen molar-refractivity contribution in [2.75, 3.05) is 47.3 Å². The van der Waals surface area contributed by atoms with Gasteiger partial charge < -0.3 is 20.4 Å². The molecular weight excluding hydrogens is 374 g/mol. The highest BCUT2D eigenvalue weighted by atomic mass is 35.5. The van der Waals surface area contributed by atoms with Crippen molar-refractivity contribution in [1.29, 1.82) is 0 Å². The average molecular weight is 408 g/mol. The zero-order valence-electron chi connectivity index (χ0n) is 17.5. The Hall–Kier alpha value is -1.79. The second-order valence-corrected chi connectivity index (χ2v) is 7.97. The zero-order chi connectivity index (χ0) is 20.5. The Morgan fingerprint density at radius 3 is 2.46 bits per heavy atom. The molecule has 1 aliphatic heterocycles. The highest BCUT2D eigenvalue weighted by Gasteiger charge is 2.23. The van der Waals surface area contributed by atoms with E-state index in [0.29, 0.717) is 18.9 Å². The lowest BCUT2D eigenvalue weighted by atomic mass is 9.93. The third kappa shape index (κ3) is 6.67. The predicted octanol–water partition coefficient (Wildman–Crippen LogP) is 2.76. The smallest absolute Gasteiger partial charge is 0.220 e. The summed E-state index contributed by atoms with van der Waals surface area (Å²) in [5.74, 6) is 1.56. The molecule has 2 rings (SSSR count). The highest BCUT2D eigenvalue weighted by molar-refractivity contribution is 6.30. The SMILES string of the molecule is CCNC(=NCC(c1ccc(Cl)cc1)N(C)C)N1CCC(CC(=O)NC)CC1. The maximum absolute atomic E-state index is 11.6. The molecule has 1 heterocycles. The summed E-state index contributed by atoms with van der Waals surface area (Å²) in [4.78, 5) is 21.1. The molecule has 0 bridgehead atoms. The number of carbonyl (C=O) groups is 1. The molecule has 0 radical (unpaired) electrons. The van der Waals surface area contributed by atoms with Crippen molar-refractivity contribution in [3.05, 3.63) is 34.9 Å². The first-order chi connectivity index (χ1) is 13.4. The molecule has 6 nitrogen and oxygen atoms in total. The minimum absolute atomic E-state index is 0.135. The van der Waals surface area contributed by atoms with Crippen molar-refractivity contribution in [3.8, 4) is 0 Å². The number of likely N-dealkylation sites (N-methyl/N-ethyl adjacent to an activating group) is 1. The van der Waals surface area contributed by atoms with E-state index in [1.165, 1.54) is 5.56 Å². The third-order valence-corrected chi connectivity index (χ3v) is 5.55. The Kier molecular flexibility index (Phi) is 9.06. The van der Waals surface area contributed by atoms with Gasteiger partial charge in [-0.25, -0.2) is 0 Å². The molecule has 1 saturated heterocycles. The van der Waals surface area contributed by atoms with Crippen LogP contribution in [-0.2, 0) is 4.79 Å². The van der Waals surface area contributed by atoms with E-state index in [9.17, 15) is 4.79 Å². The summed E-state index contributed by atoms with van der Waals surface area (Å²) in [5, 5.41) is 6.91. The topological polar surface area (TPSA) is 60.0 Å². The van der Waals surface area contributed by atoms with Gasteiger partial charge in [-0.05, 0) is 57.5 Å². The van der Waals surface area contributed by atoms with Gasteiger partial charge in [0.2, 0.25) is 5.91 Å². The number of benzene rings is 1. The average Bonchev–Trinajstić information content (AvgIpc) is 2.69. The summed E-state index contributed by atoms with van der Waals surface area (Å²) in [5.41, 5.74) is 1.21. The van der Waals surface area contributed by atoms with Crippen LogP contribution in [0.1, 0.15) is 37.8 Å². The molecule has 0 aliphatic carbocycles. The van der Waals surface area contributed by atoms with Crippen LogP contribution in [0.2, 0.25) is 5.02 Å². The molecule has 28 heavy (non-hydrogen) atoms. The third-order valence-electron chi connectivity index (χ3n) is 5.29. The minimum atomic E-state index is 0.135. The fraction of sp³-hybridized carbons (Fsp3) is 0.619. The van der Waals surface area contributed by atoms with Gasteiger partial charge in [0, 0.05) is 38.1 Å². The van der Waals surface area contributed by atoms with Gasteiger partial charge in [0.1, 0.15) is 0 Å². The van der Waals surface area contributed by atoms with E-state index < -0.39 is 0 Å². The molecule has 1 aliphatic rings. The summed E-state index contributed by atoms with van der Waals surface area (Å²) in [6.07, 6.45) is 2.66. The van der Waals surface area contributed by atoms with Gasteiger partial charge in [0.15, 0.2) is 5.96 Å². The van der Waals surface area contributed by atoms with E-state index in [2.05, 4.69) is 53.6 Å². The highest BCUT2D eigenvalue weighted by Crippen LogP contribution is 2.23. The monoisotopic (exact) mass is 407 g/mol. The molecule has 1 fully saturated rings. The molecule has 156 valence electrons. The lowest BCUT2D eigenvalue weighted by Crippen LogP contribution is -2.46. The number of halogens is 1. The van der Waals surface area contributed by atoms with E-state index in [0.717, 1.165) is 43.5 Å². The van der Waals surface area contributed by atoms with Gasteiger partial charge in [-0.3, -0.25) is 9.79 Å². The number of hydrogen-bond acceptors (Lipinski definition) is 3. The number of hydrogen-bond donors (Lipinski definition) is 2. The van der Waals surface area contributed by atoms with Crippen molar-refractivity contribution in [3.63, 3.8) is 0 Å². The predicted molar refractivity (Wildman–Crippen MR) is 117 cm³/mol. The molecule has 7 heteroatoms. The number of aliphatic imine (C=N–C) groups is 1. The van der Waals surface area contributed by atoms with E-state index in [-0.39, 0.29) is 11.9 Å². The summed E-state index contributed by atoms with van der Waals surface area (Å²) < 4.78 is 0. The van der Waals surface area contributed by atoms with Gasteiger partial charge in [-0.1, -0.05) is 23.7 Å². The summed E-state index contributed by atoms with van der Waals surface area (Å²) in [6, 6.07) is 8.19. The van der Waals surface area contributed by atoms with E-state index in [1.807, 2.05) is 12.1 Å². The normalized spacial score (nSPS) is 16.9. The molecular formula is C21H34ClN5O. The van der Waals surface area contributed by atoms with Crippen molar-refractivity contribution in [2.45, 2.75) is 32.2 Å². The quantitative estimate of drug-likeness (QED) is 0.539. The molecule has 1 aromatic carbocycles. The van der Waals surface area contributed by atoms with Crippen molar-refractivity contribution in [1.82, 2.24) is 20.4 Å². The van der Waals surface area contributed by atoms with Crippen LogP contribution in [0.3, 0.4) is 0 Å². The molecule has 1 unspecified atom stereocenters. The van der Waals surface area contributed by atoms with E-state index >= 15 is 0 Å². The number of amides is 1. The molecule has 2 N–H and O–H groups in total. The summed E-state index contributed by atoms with van der Waals surface area (Å²) >= 11 is 6.04. The first kappa shape index (κ1) is 22.5. The van der Waals surface area contributed by atoms with E-state index in [4.69, 9.17) is 16.6 Å². The van der Waals surface area contributed by atoms with Crippen LogP contribution in [0, 0.1) is 5.92 Å². The van der Waals surface area contributed by atoms with Crippen LogP contribution < -0.4 is 10.6 Å². The van der Waals surface area contributed by atoms with Gasteiger partial charge in [-0.2, -0.15) is 0 Å². The molecule has 1 amide bonds. The molecule has 1 atom stereocenters. The standard InChI is InChI=1S/C21H34ClN5O/c1-5-24-21(27-12-10-16(11-13-27)14-20(28)23-2)25-15-19(26(3)4)17-6-8-18(22)9-7-17/h6-9,16,19H,5,10-15H2,1-4H3,(H,23,28)(H,24,25). The maximum atomic E-state index is 11.6. The van der Waals surface area contributed by atoms with Crippen LogP contribution >= 0.6 is 11.6 Å². The fourth-order valence-electron chi connectivity index (χ4n) is 3.56. The van der Waals surface area contributed by atoms with Gasteiger partial charge in [0.25, 0.3) is 0 Å². The van der Waals surface area contributed by atoms with E-state index in [1.54, 1.807) is 7.05 Å². The molecule has 0 spiro atoms. The Labute approximate surface area is 174 Å². The first-order valence-electron chi connectivity index (χ1n) is 10.1. The molecule has 1 aromatic rings. The van der Waals surface area contributed by atoms with Crippen molar-refractivity contribution < 1.29 is 4.79 Å². The van der Waals surface area contributed by atoms with Crippen LogP contribution in [-0.4, -0.2) is 69.0 Å². The first-order valence-corrected chi connectivity index (χ1v) is 10.5. The fourth-order valence-corrected chi connectivity index (χ4v) is 3.69. The Bertz CT molecular complexity index is 639. The number of rotatable bonds is 7. The van der Waals surface area contributed by atoms with Crippen LogP contribution in [0.4, 0.5) is 0 Å². The van der Waals surface area contributed by atoms with Gasteiger partial charge in [-0.15, -0.1) is 0 Å². The molecule has 0 saturated carbocycles. The molecule has 0 aromatic heterocycles. The number of nitrogens with one attached hydrogen (secondary N) is 2. The Morgan fingerprint density at radius 1 is 1.29 bits per heavy atom. The number of carbonyl (C=O) groups excluding carboxylic acids is 1. The largest absolute Gasteiger partial charge is 0.359 e. The van der Waals surface area contributed by atoms with Gasteiger partial charge >= 0.3 is 0 Å². The van der Waals surface area contributed by atoms with Crippen LogP contribution in [0.25, 0.3) is 0 Å². The van der Waals surface area contributed by atoms with Crippen molar-refractivity contribution in [2.24, 2.45) is 10.9 Å². The maximum Gasteiger partial charge on any atom is 0.220 e. The Balaban J connectivity index is 2.02. The number of nitrogens with zero attached hydrogens (tertiary/aromatic N) is 3. The van der Waals surface area contributed by atoms with Crippen molar-refractivity contribution >= 4 is 23.5 Å². The lowest BCUT2D eigenvalue weighted by Gasteiger charge is -2.34. The zero-order valence-corrected chi connectivity index (χ0v) is 18.3. The number of likely N-dealkylation sites (tertiary alicyclic amines) is 1. The summed E-state index contributed by atoms with van der Waals surface area (Å²) in [6.45, 7) is 5.47. The second-order valence-electron chi connectivity index (χ2n) is 7.53. The minimum Gasteiger partial charge on any atom is -0.359 e. The number of piperidine rings is 1. The number of guanidine groups is 1. The van der Waals surface area contributed by atoms with Crippen LogP contribution in [0.15, 0.2) is 29.3 Å². The van der Waals surface area contributed by atoms with Crippen LogP contribution in [0.5, 0.6) is 0 Å². The Morgan fingerprint density at radius 2 is 1.93 bits per heavy atom. The second kappa shape index (κ2) is 11.3. The summed E-state index contributed by atoms with van der Waals surface area (Å²) in [7, 11) is 5.85.